The first-order valence-electron chi connectivity index (χ1n) is 13.0. The number of carbonyl (C=O) groups is 2. The zero-order valence-corrected chi connectivity index (χ0v) is 23.6. The Bertz CT molecular complexity index is 1310. The molecule has 0 aromatic heterocycles. The molecule has 1 fully saturated rings. The summed E-state index contributed by atoms with van der Waals surface area (Å²) in [6.07, 6.45) is 2.52. The van der Waals surface area contributed by atoms with Crippen LogP contribution in [0.5, 0.6) is 11.5 Å². The second-order valence-electron chi connectivity index (χ2n) is 9.57. The van der Waals surface area contributed by atoms with Crippen molar-refractivity contribution in [3.63, 3.8) is 0 Å². The highest BCUT2D eigenvalue weighted by molar-refractivity contribution is 6.35. The van der Waals surface area contributed by atoms with Gasteiger partial charge in [-0.1, -0.05) is 35.3 Å². The smallest absolute Gasteiger partial charge is 0.251 e. The number of hydrogen-bond donors (Lipinski definition) is 2. The van der Waals surface area contributed by atoms with E-state index in [1.165, 1.54) is 6.92 Å². The van der Waals surface area contributed by atoms with Crippen molar-refractivity contribution >= 4 is 46.4 Å². The maximum absolute atomic E-state index is 12.9. The Morgan fingerprint density at radius 3 is 2.51 bits per heavy atom. The molecule has 0 unspecified atom stereocenters. The third kappa shape index (κ3) is 8.04. The Morgan fingerprint density at radius 1 is 1.00 bits per heavy atom. The molecule has 2 N–H and O–H groups in total. The predicted molar refractivity (Wildman–Crippen MR) is 157 cm³/mol. The Kier molecular flexibility index (Phi) is 9.96. The minimum absolute atomic E-state index is 0.0833. The summed E-state index contributed by atoms with van der Waals surface area (Å²) in [5.41, 5.74) is 3.33. The van der Waals surface area contributed by atoms with E-state index in [9.17, 15) is 9.59 Å². The molecule has 206 valence electrons. The fourth-order valence-electron chi connectivity index (χ4n) is 4.64. The van der Waals surface area contributed by atoms with Crippen molar-refractivity contribution in [2.45, 2.75) is 26.2 Å². The first-order valence-corrected chi connectivity index (χ1v) is 13.7. The van der Waals surface area contributed by atoms with Crippen LogP contribution in [0.2, 0.25) is 10.0 Å². The van der Waals surface area contributed by atoms with Crippen molar-refractivity contribution < 1.29 is 19.1 Å². The molecule has 0 spiro atoms. The number of halogens is 2. The standard InChI is InChI=1S/C30H33Cl2N3O4/c1-20(36)34-25-4-3-5-26(18-25)35-13-10-21(11-14-35)19-33-30(37)23-7-9-28(38-2)29(16-23)39-15-12-22-6-8-24(31)17-27(22)32/h3-9,16-18,21H,10-15,19H2,1-2H3,(H,33,37)(H,34,36). The van der Waals surface area contributed by atoms with Crippen LogP contribution in [0.15, 0.2) is 60.7 Å². The quantitative estimate of drug-likeness (QED) is 0.302. The summed E-state index contributed by atoms with van der Waals surface area (Å²) in [6.45, 7) is 4.26. The summed E-state index contributed by atoms with van der Waals surface area (Å²) in [4.78, 5) is 26.6. The topological polar surface area (TPSA) is 79.9 Å². The molecule has 0 atom stereocenters. The van der Waals surface area contributed by atoms with E-state index in [2.05, 4.69) is 21.6 Å². The van der Waals surface area contributed by atoms with Gasteiger partial charge in [0, 0.05) is 60.0 Å². The number of piperidine rings is 1. The average Bonchev–Trinajstić information content (AvgIpc) is 2.93. The van der Waals surface area contributed by atoms with Gasteiger partial charge in [0.05, 0.1) is 13.7 Å². The Labute approximate surface area is 239 Å². The lowest BCUT2D eigenvalue weighted by molar-refractivity contribution is -0.114. The van der Waals surface area contributed by atoms with Crippen LogP contribution in [0.1, 0.15) is 35.7 Å². The fraction of sp³-hybridized carbons (Fsp3) is 0.333. The summed E-state index contributed by atoms with van der Waals surface area (Å²) in [5, 5.41) is 7.10. The molecule has 9 heteroatoms. The number of nitrogens with zero attached hydrogens (tertiary/aromatic N) is 1. The van der Waals surface area contributed by atoms with Crippen LogP contribution in [-0.4, -0.2) is 45.2 Å². The highest BCUT2D eigenvalue weighted by atomic mass is 35.5. The van der Waals surface area contributed by atoms with Gasteiger partial charge in [-0.15, -0.1) is 0 Å². The highest BCUT2D eigenvalue weighted by Crippen LogP contribution is 2.29. The molecule has 0 bridgehead atoms. The van der Waals surface area contributed by atoms with Crippen LogP contribution in [-0.2, 0) is 11.2 Å². The van der Waals surface area contributed by atoms with Crippen molar-refractivity contribution in [1.29, 1.82) is 0 Å². The first-order chi connectivity index (χ1) is 18.8. The van der Waals surface area contributed by atoms with Crippen molar-refractivity contribution in [3.8, 4) is 11.5 Å². The maximum atomic E-state index is 12.9. The summed E-state index contributed by atoms with van der Waals surface area (Å²) in [7, 11) is 1.57. The first kappa shape index (κ1) is 28.6. The van der Waals surface area contributed by atoms with Crippen LogP contribution < -0.4 is 25.0 Å². The van der Waals surface area contributed by atoms with Gasteiger partial charge in [0.1, 0.15) is 0 Å². The van der Waals surface area contributed by atoms with Gasteiger partial charge < -0.3 is 25.0 Å². The number of methoxy groups -OCH3 is 1. The number of rotatable bonds is 10. The number of amides is 2. The van der Waals surface area contributed by atoms with Crippen molar-refractivity contribution in [2.24, 2.45) is 5.92 Å². The normalized spacial score (nSPS) is 13.6. The summed E-state index contributed by atoms with van der Waals surface area (Å²) < 4.78 is 11.4. The highest BCUT2D eigenvalue weighted by Gasteiger charge is 2.21. The molecule has 3 aromatic carbocycles. The van der Waals surface area contributed by atoms with E-state index in [0.29, 0.717) is 52.6 Å². The molecular formula is C30H33Cl2N3O4. The number of ether oxygens (including phenoxy) is 2. The van der Waals surface area contributed by atoms with Gasteiger partial charge in [-0.05, 0) is 72.9 Å². The fourth-order valence-corrected chi connectivity index (χ4v) is 5.15. The molecule has 1 aliphatic heterocycles. The molecule has 1 aliphatic rings. The monoisotopic (exact) mass is 569 g/mol. The van der Waals surface area contributed by atoms with Crippen LogP contribution in [0.25, 0.3) is 0 Å². The maximum Gasteiger partial charge on any atom is 0.251 e. The second-order valence-corrected chi connectivity index (χ2v) is 10.4. The van der Waals surface area contributed by atoms with E-state index in [-0.39, 0.29) is 11.8 Å². The van der Waals surface area contributed by atoms with Gasteiger partial charge in [-0.2, -0.15) is 0 Å². The van der Waals surface area contributed by atoms with Crippen molar-refractivity contribution in [1.82, 2.24) is 5.32 Å². The molecule has 39 heavy (non-hydrogen) atoms. The van der Waals surface area contributed by atoms with Crippen LogP contribution in [0.3, 0.4) is 0 Å². The molecule has 0 saturated carbocycles. The third-order valence-electron chi connectivity index (χ3n) is 6.77. The summed E-state index contributed by atoms with van der Waals surface area (Å²) in [5.74, 6) is 1.23. The second kappa shape index (κ2) is 13.6. The number of carbonyl (C=O) groups excluding carboxylic acids is 2. The summed E-state index contributed by atoms with van der Waals surface area (Å²) >= 11 is 12.2. The lowest BCUT2D eigenvalue weighted by Gasteiger charge is -2.34. The Balaban J connectivity index is 1.28. The largest absolute Gasteiger partial charge is 0.493 e. The zero-order chi connectivity index (χ0) is 27.8. The van der Waals surface area contributed by atoms with Gasteiger partial charge >= 0.3 is 0 Å². The molecule has 3 aromatic rings. The van der Waals surface area contributed by atoms with Gasteiger partial charge in [-0.25, -0.2) is 0 Å². The van der Waals surface area contributed by atoms with Gasteiger partial charge in [0.2, 0.25) is 5.91 Å². The van der Waals surface area contributed by atoms with E-state index < -0.39 is 0 Å². The third-order valence-corrected chi connectivity index (χ3v) is 7.35. The average molecular weight is 571 g/mol. The number of nitrogens with one attached hydrogen (secondary N) is 2. The molecule has 0 radical (unpaired) electrons. The van der Waals surface area contributed by atoms with E-state index in [0.717, 1.165) is 42.9 Å². The number of benzene rings is 3. The van der Waals surface area contributed by atoms with Crippen LogP contribution in [0, 0.1) is 5.92 Å². The SMILES string of the molecule is COc1ccc(C(=O)NCC2CCN(c3cccc(NC(C)=O)c3)CC2)cc1OCCc1ccc(Cl)cc1Cl. The summed E-state index contributed by atoms with van der Waals surface area (Å²) in [6, 6.07) is 18.5. The molecule has 1 heterocycles. The van der Waals surface area contributed by atoms with Crippen molar-refractivity contribution in [3.05, 3.63) is 81.8 Å². The minimum Gasteiger partial charge on any atom is -0.493 e. The van der Waals surface area contributed by atoms with Crippen LogP contribution >= 0.6 is 23.2 Å². The molecule has 7 nitrogen and oxygen atoms in total. The molecule has 4 rings (SSSR count). The lowest BCUT2D eigenvalue weighted by atomic mass is 9.96. The van der Waals surface area contributed by atoms with Gasteiger partial charge in [0.15, 0.2) is 11.5 Å². The van der Waals surface area contributed by atoms with Gasteiger partial charge in [-0.3, -0.25) is 9.59 Å². The van der Waals surface area contributed by atoms with E-state index in [4.69, 9.17) is 32.7 Å². The number of anilines is 2. The van der Waals surface area contributed by atoms with Gasteiger partial charge in [0.25, 0.3) is 5.91 Å². The molecule has 2 amide bonds. The van der Waals surface area contributed by atoms with E-state index in [1.54, 1.807) is 37.4 Å². The molecular weight excluding hydrogens is 537 g/mol. The van der Waals surface area contributed by atoms with E-state index in [1.807, 2.05) is 24.3 Å². The molecule has 0 aliphatic carbocycles. The lowest BCUT2D eigenvalue weighted by Crippen LogP contribution is -2.38. The van der Waals surface area contributed by atoms with Crippen molar-refractivity contribution in [2.75, 3.05) is 43.6 Å². The molecule has 1 saturated heterocycles. The minimum atomic E-state index is -0.145. The predicted octanol–water partition coefficient (Wildman–Crippen LogP) is 6.23. The van der Waals surface area contributed by atoms with Crippen LogP contribution in [0.4, 0.5) is 11.4 Å². The van der Waals surface area contributed by atoms with E-state index >= 15 is 0 Å². The Hall–Kier alpha value is -3.42. The Morgan fingerprint density at radius 2 is 1.79 bits per heavy atom. The number of hydrogen-bond acceptors (Lipinski definition) is 5. The zero-order valence-electron chi connectivity index (χ0n) is 22.1.